The lowest BCUT2D eigenvalue weighted by molar-refractivity contribution is 0.199. The highest BCUT2D eigenvalue weighted by atomic mass is 16.5. The lowest BCUT2D eigenvalue weighted by Gasteiger charge is -2.23. The van der Waals surface area contributed by atoms with Gasteiger partial charge in [-0.25, -0.2) is 0 Å². The van der Waals surface area contributed by atoms with Gasteiger partial charge in [-0.2, -0.15) is 5.26 Å². The molecule has 1 aromatic carbocycles. The van der Waals surface area contributed by atoms with Gasteiger partial charge in [0, 0.05) is 25.9 Å². The van der Waals surface area contributed by atoms with Crippen LogP contribution in [0.5, 0.6) is 0 Å². The van der Waals surface area contributed by atoms with Gasteiger partial charge in [0.25, 0.3) is 0 Å². The standard InChI is InChI=1S/C14H20N2O2/c1-12(17)13-4-6-14(7-5-13)16(9-3-8-15)10-11-18-2/h4-7,12,17H,3,9-11H2,1-2H3/t12-/m1/s1. The van der Waals surface area contributed by atoms with Crippen LogP contribution in [0.4, 0.5) is 5.69 Å². The van der Waals surface area contributed by atoms with E-state index in [4.69, 9.17) is 10.00 Å². The predicted octanol–water partition coefficient (Wildman–Crippen LogP) is 2.11. The molecule has 1 N–H and O–H groups in total. The number of nitrogens with zero attached hydrogens (tertiary/aromatic N) is 2. The molecule has 18 heavy (non-hydrogen) atoms. The summed E-state index contributed by atoms with van der Waals surface area (Å²) >= 11 is 0. The third kappa shape index (κ3) is 4.36. The van der Waals surface area contributed by atoms with Gasteiger partial charge >= 0.3 is 0 Å². The zero-order valence-corrected chi connectivity index (χ0v) is 11.0. The monoisotopic (exact) mass is 248 g/mol. The second-order valence-corrected chi connectivity index (χ2v) is 4.16. The van der Waals surface area contributed by atoms with Crippen molar-refractivity contribution in [2.24, 2.45) is 0 Å². The number of aliphatic hydroxyl groups is 1. The quantitative estimate of drug-likeness (QED) is 0.803. The fourth-order valence-electron chi connectivity index (χ4n) is 1.72. The summed E-state index contributed by atoms with van der Waals surface area (Å²) in [5.74, 6) is 0. The lowest BCUT2D eigenvalue weighted by atomic mass is 10.1. The van der Waals surface area contributed by atoms with Gasteiger partial charge in [0.2, 0.25) is 0 Å². The summed E-state index contributed by atoms with van der Waals surface area (Å²) in [6.07, 6.45) is 0.0348. The number of nitriles is 1. The van der Waals surface area contributed by atoms with Crippen molar-refractivity contribution in [3.8, 4) is 6.07 Å². The first kappa shape index (κ1) is 14.5. The molecule has 0 unspecified atom stereocenters. The van der Waals surface area contributed by atoms with Crippen LogP contribution in [0.15, 0.2) is 24.3 Å². The van der Waals surface area contributed by atoms with Crippen molar-refractivity contribution in [3.05, 3.63) is 29.8 Å². The molecule has 0 fully saturated rings. The number of benzene rings is 1. The van der Waals surface area contributed by atoms with Crippen LogP contribution in [0.3, 0.4) is 0 Å². The van der Waals surface area contributed by atoms with E-state index in [1.54, 1.807) is 14.0 Å². The van der Waals surface area contributed by atoms with Crippen molar-refractivity contribution in [2.75, 3.05) is 31.7 Å². The van der Waals surface area contributed by atoms with E-state index in [1.807, 2.05) is 24.3 Å². The van der Waals surface area contributed by atoms with Crippen LogP contribution < -0.4 is 4.90 Å². The molecular weight excluding hydrogens is 228 g/mol. The second kappa shape index (κ2) is 7.70. The topological polar surface area (TPSA) is 56.5 Å². The van der Waals surface area contributed by atoms with Gasteiger partial charge in [-0.1, -0.05) is 12.1 Å². The van der Waals surface area contributed by atoms with Crippen LogP contribution in [-0.4, -0.2) is 31.9 Å². The summed E-state index contributed by atoms with van der Waals surface area (Å²) in [6, 6.07) is 9.90. The Morgan fingerprint density at radius 1 is 1.33 bits per heavy atom. The minimum Gasteiger partial charge on any atom is -0.389 e. The van der Waals surface area contributed by atoms with E-state index < -0.39 is 6.10 Å². The molecule has 0 radical (unpaired) electrons. The van der Waals surface area contributed by atoms with Gasteiger partial charge in [0.05, 0.1) is 25.2 Å². The van der Waals surface area contributed by atoms with Crippen LogP contribution in [0, 0.1) is 11.3 Å². The SMILES string of the molecule is COCCN(CCC#N)c1ccc([C@@H](C)O)cc1. The van der Waals surface area contributed by atoms with E-state index >= 15 is 0 Å². The first-order chi connectivity index (χ1) is 8.69. The van der Waals surface area contributed by atoms with Gasteiger partial charge in [-0.3, -0.25) is 0 Å². The minimum atomic E-state index is -0.453. The molecule has 0 spiro atoms. The van der Waals surface area contributed by atoms with Gasteiger partial charge in [-0.15, -0.1) is 0 Å². The third-order valence-corrected chi connectivity index (χ3v) is 2.80. The smallest absolute Gasteiger partial charge is 0.0761 e. The Labute approximate surface area is 108 Å². The fourth-order valence-corrected chi connectivity index (χ4v) is 1.72. The molecule has 0 saturated heterocycles. The number of aliphatic hydroxyl groups excluding tert-OH is 1. The molecule has 4 heteroatoms. The number of anilines is 1. The third-order valence-electron chi connectivity index (χ3n) is 2.80. The van der Waals surface area contributed by atoms with Gasteiger partial charge in [0.15, 0.2) is 0 Å². The van der Waals surface area contributed by atoms with Crippen LogP contribution in [0.1, 0.15) is 25.0 Å². The van der Waals surface area contributed by atoms with Crippen molar-refractivity contribution in [1.29, 1.82) is 5.26 Å². The molecule has 4 nitrogen and oxygen atoms in total. The molecule has 98 valence electrons. The molecule has 1 rings (SSSR count). The van der Waals surface area contributed by atoms with Crippen LogP contribution in [0.2, 0.25) is 0 Å². The highest BCUT2D eigenvalue weighted by Gasteiger charge is 2.07. The molecule has 0 aromatic heterocycles. The Morgan fingerprint density at radius 2 is 2.00 bits per heavy atom. The van der Waals surface area contributed by atoms with Crippen LogP contribution >= 0.6 is 0 Å². The van der Waals surface area contributed by atoms with Crippen molar-refractivity contribution in [1.82, 2.24) is 0 Å². The average molecular weight is 248 g/mol. The Bertz CT molecular complexity index is 382. The van der Waals surface area contributed by atoms with Gasteiger partial charge in [0.1, 0.15) is 0 Å². The van der Waals surface area contributed by atoms with Crippen LogP contribution in [0.25, 0.3) is 0 Å². The molecular formula is C14H20N2O2. The molecule has 1 atom stereocenters. The van der Waals surface area contributed by atoms with Crippen molar-refractivity contribution >= 4 is 5.69 Å². The summed E-state index contributed by atoms with van der Waals surface area (Å²) in [4.78, 5) is 2.11. The Balaban J connectivity index is 2.74. The summed E-state index contributed by atoms with van der Waals surface area (Å²) in [5.41, 5.74) is 1.94. The summed E-state index contributed by atoms with van der Waals surface area (Å²) in [7, 11) is 1.67. The first-order valence-electron chi connectivity index (χ1n) is 6.08. The van der Waals surface area contributed by atoms with E-state index in [9.17, 15) is 5.11 Å². The van der Waals surface area contributed by atoms with Crippen molar-refractivity contribution in [2.45, 2.75) is 19.4 Å². The number of hydrogen-bond acceptors (Lipinski definition) is 4. The molecule has 0 bridgehead atoms. The minimum absolute atomic E-state index is 0.453. The Morgan fingerprint density at radius 3 is 2.50 bits per heavy atom. The molecule has 0 heterocycles. The molecule has 1 aromatic rings. The first-order valence-corrected chi connectivity index (χ1v) is 6.08. The maximum Gasteiger partial charge on any atom is 0.0761 e. The lowest BCUT2D eigenvalue weighted by Crippen LogP contribution is -2.28. The van der Waals surface area contributed by atoms with Gasteiger partial charge < -0.3 is 14.7 Å². The maximum absolute atomic E-state index is 9.46. The zero-order valence-electron chi connectivity index (χ0n) is 11.0. The molecule has 0 aliphatic heterocycles. The van der Waals surface area contributed by atoms with E-state index in [2.05, 4.69) is 11.0 Å². The highest BCUT2D eigenvalue weighted by molar-refractivity contribution is 5.48. The summed E-state index contributed by atoms with van der Waals surface area (Å²) in [6.45, 7) is 3.82. The highest BCUT2D eigenvalue weighted by Crippen LogP contribution is 2.19. The van der Waals surface area contributed by atoms with E-state index in [0.29, 0.717) is 19.6 Å². The molecule has 0 saturated carbocycles. The predicted molar refractivity (Wildman–Crippen MR) is 71.4 cm³/mol. The largest absolute Gasteiger partial charge is 0.389 e. The van der Waals surface area contributed by atoms with Crippen molar-refractivity contribution < 1.29 is 9.84 Å². The average Bonchev–Trinajstić information content (AvgIpc) is 2.39. The van der Waals surface area contributed by atoms with E-state index in [0.717, 1.165) is 17.8 Å². The number of hydrogen-bond donors (Lipinski definition) is 1. The summed E-state index contributed by atoms with van der Waals surface area (Å²) in [5, 5.41) is 18.1. The number of methoxy groups -OCH3 is 1. The Kier molecular flexibility index (Phi) is 6.20. The van der Waals surface area contributed by atoms with E-state index in [1.165, 1.54) is 0 Å². The fraction of sp³-hybridized carbons (Fsp3) is 0.500. The van der Waals surface area contributed by atoms with E-state index in [-0.39, 0.29) is 0 Å². The zero-order chi connectivity index (χ0) is 13.4. The van der Waals surface area contributed by atoms with Crippen molar-refractivity contribution in [3.63, 3.8) is 0 Å². The number of rotatable bonds is 7. The molecule has 0 aliphatic rings. The van der Waals surface area contributed by atoms with Crippen LogP contribution in [-0.2, 0) is 4.74 Å². The summed E-state index contributed by atoms with van der Waals surface area (Å²) < 4.78 is 5.07. The normalized spacial score (nSPS) is 11.9. The number of ether oxygens (including phenoxy) is 1. The van der Waals surface area contributed by atoms with Gasteiger partial charge in [-0.05, 0) is 24.6 Å². The Hall–Kier alpha value is -1.57. The second-order valence-electron chi connectivity index (χ2n) is 4.16. The maximum atomic E-state index is 9.46. The molecule has 0 amide bonds. The molecule has 0 aliphatic carbocycles.